The Morgan fingerprint density at radius 2 is 1.79 bits per heavy atom. The number of amides is 1. The summed E-state index contributed by atoms with van der Waals surface area (Å²) < 4.78 is 0.733. The predicted octanol–water partition coefficient (Wildman–Crippen LogP) is 4.20. The van der Waals surface area contributed by atoms with Crippen LogP contribution in [0, 0.1) is 0 Å². The van der Waals surface area contributed by atoms with Crippen molar-refractivity contribution in [2.45, 2.75) is 12.3 Å². The average Bonchev–Trinajstić information content (AvgIpc) is 2.63. The molecule has 120 valence electrons. The van der Waals surface area contributed by atoms with Crippen LogP contribution >= 0.6 is 15.9 Å². The Labute approximate surface area is 149 Å². The number of pyridine rings is 2. The second kappa shape index (κ2) is 7.84. The number of carbonyl (C=O) groups excluding carboxylic acids is 1. The van der Waals surface area contributed by atoms with Crippen molar-refractivity contribution in [1.29, 1.82) is 0 Å². The van der Waals surface area contributed by atoms with Crippen LogP contribution in [0.1, 0.15) is 17.0 Å². The molecule has 0 spiro atoms. The van der Waals surface area contributed by atoms with Crippen LogP contribution in [0.4, 0.5) is 5.69 Å². The largest absolute Gasteiger partial charge is 0.324 e. The van der Waals surface area contributed by atoms with Gasteiger partial charge in [0.2, 0.25) is 5.91 Å². The minimum absolute atomic E-state index is 0.0536. The standard InChI is InChI=1S/C19H16BrN3O/c20-18-7-6-16(13-22-18)23-19(24)17(15-4-2-1-3-5-15)12-14-8-10-21-11-9-14/h1-11,13,17H,12H2,(H,23,24). The highest BCUT2D eigenvalue weighted by molar-refractivity contribution is 9.10. The molecule has 0 saturated heterocycles. The van der Waals surface area contributed by atoms with Crippen LogP contribution in [0.2, 0.25) is 0 Å². The molecule has 4 nitrogen and oxygen atoms in total. The molecule has 1 atom stereocenters. The van der Waals surface area contributed by atoms with E-state index in [2.05, 4.69) is 31.2 Å². The van der Waals surface area contributed by atoms with E-state index < -0.39 is 0 Å². The fraction of sp³-hybridized carbons (Fsp3) is 0.105. The summed E-state index contributed by atoms with van der Waals surface area (Å²) in [6.45, 7) is 0. The molecular formula is C19H16BrN3O. The summed E-state index contributed by atoms with van der Waals surface area (Å²) in [7, 11) is 0. The first-order valence-electron chi connectivity index (χ1n) is 7.58. The summed E-state index contributed by atoms with van der Waals surface area (Å²) in [5.74, 6) is -0.334. The van der Waals surface area contributed by atoms with E-state index >= 15 is 0 Å². The van der Waals surface area contributed by atoms with E-state index in [0.29, 0.717) is 12.1 Å². The zero-order chi connectivity index (χ0) is 16.8. The highest BCUT2D eigenvalue weighted by Gasteiger charge is 2.21. The van der Waals surface area contributed by atoms with Crippen LogP contribution in [-0.4, -0.2) is 15.9 Å². The predicted molar refractivity (Wildman–Crippen MR) is 97.7 cm³/mol. The molecule has 0 bridgehead atoms. The van der Waals surface area contributed by atoms with Crippen molar-refractivity contribution in [1.82, 2.24) is 9.97 Å². The molecular weight excluding hydrogens is 366 g/mol. The van der Waals surface area contributed by atoms with Gasteiger partial charge in [0.15, 0.2) is 0 Å². The van der Waals surface area contributed by atoms with E-state index in [4.69, 9.17) is 0 Å². The van der Waals surface area contributed by atoms with Gasteiger partial charge in [-0.3, -0.25) is 9.78 Å². The molecule has 0 aliphatic heterocycles. The molecule has 0 radical (unpaired) electrons. The SMILES string of the molecule is O=C(Nc1ccc(Br)nc1)C(Cc1ccncc1)c1ccccc1. The van der Waals surface area contributed by atoms with Gasteiger partial charge >= 0.3 is 0 Å². The van der Waals surface area contributed by atoms with Crippen molar-refractivity contribution in [3.63, 3.8) is 0 Å². The second-order valence-electron chi connectivity index (χ2n) is 5.38. The van der Waals surface area contributed by atoms with Crippen molar-refractivity contribution in [3.8, 4) is 0 Å². The van der Waals surface area contributed by atoms with Crippen LogP contribution < -0.4 is 5.32 Å². The van der Waals surface area contributed by atoms with Crippen LogP contribution in [0.25, 0.3) is 0 Å². The van der Waals surface area contributed by atoms with Crippen molar-refractivity contribution in [3.05, 3.63) is 88.9 Å². The smallest absolute Gasteiger partial charge is 0.232 e. The number of halogens is 1. The van der Waals surface area contributed by atoms with E-state index in [1.807, 2.05) is 48.5 Å². The third-order valence-corrected chi connectivity index (χ3v) is 4.17. The first-order valence-corrected chi connectivity index (χ1v) is 8.38. The summed E-state index contributed by atoms with van der Waals surface area (Å²) in [5, 5.41) is 2.95. The highest BCUT2D eigenvalue weighted by atomic mass is 79.9. The van der Waals surface area contributed by atoms with Crippen molar-refractivity contribution < 1.29 is 4.79 Å². The quantitative estimate of drug-likeness (QED) is 0.673. The van der Waals surface area contributed by atoms with Gasteiger partial charge in [-0.2, -0.15) is 0 Å². The van der Waals surface area contributed by atoms with Gasteiger partial charge < -0.3 is 5.32 Å². The number of rotatable bonds is 5. The number of benzene rings is 1. The maximum absolute atomic E-state index is 12.8. The number of anilines is 1. The van der Waals surface area contributed by atoms with Gasteiger partial charge in [0.25, 0.3) is 0 Å². The summed E-state index contributed by atoms with van der Waals surface area (Å²) in [5.41, 5.74) is 2.73. The lowest BCUT2D eigenvalue weighted by Crippen LogP contribution is -2.23. The number of nitrogens with one attached hydrogen (secondary N) is 1. The Hall–Kier alpha value is -2.53. The van der Waals surface area contributed by atoms with Gasteiger partial charge in [0.05, 0.1) is 17.8 Å². The fourth-order valence-corrected chi connectivity index (χ4v) is 2.72. The average molecular weight is 382 g/mol. The van der Waals surface area contributed by atoms with Gasteiger partial charge in [-0.1, -0.05) is 30.3 Å². The number of aromatic nitrogens is 2. The van der Waals surface area contributed by atoms with Gasteiger partial charge in [0.1, 0.15) is 4.60 Å². The number of hydrogen-bond acceptors (Lipinski definition) is 3. The molecule has 24 heavy (non-hydrogen) atoms. The van der Waals surface area contributed by atoms with Gasteiger partial charge in [-0.25, -0.2) is 4.98 Å². The third-order valence-electron chi connectivity index (χ3n) is 3.70. The number of hydrogen-bond donors (Lipinski definition) is 1. The molecule has 1 aromatic carbocycles. The van der Waals surface area contributed by atoms with E-state index in [-0.39, 0.29) is 11.8 Å². The highest BCUT2D eigenvalue weighted by Crippen LogP contribution is 2.23. The van der Waals surface area contributed by atoms with Crippen molar-refractivity contribution in [2.75, 3.05) is 5.32 Å². The molecule has 5 heteroatoms. The normalized spacial score (nSPS) is 11.7. The first kappa shape index (κ1) is 16.3. The third kappa shape index (κ3) is 4.26. The molecule has 2 heterocycles. The van der Waals surface area contributed by atoms with Crippen LogP contribution in [-0.2, 0) is 11.2 Å². The summed E-state index contributed by atoms with van der Waals surface area (Å²) in [6, 6.07) is 17.3. The summed E-state index contributed by atoms with van der Waals surface area (Å²) in [4.78, 5) is 21.0. The van der Waals surface area contributed by atoms with E-state index in [0.717, 1.165) is 15.7 Å². The maximum Gasteiger partial charge on any atom is 0.232 e. The first-order chi connectivity index (χ1) is 11.7. The molecule has 1 amide bonds. The molecule has 3 rings (SSSR count). The Morgan fingerprint density at radius 1 is 1.04 bits per heavy atom. The molecule has 3 aromatic rings. The van der Waals surface area contributed by atoms with Gasteiger partial charge in [-0.05, 0) is 57.7 Å². The topological polar surface area (TPSA) is 54.9 Å². The lowest BCUT2D eigenvalue weighted by Gasteiger charge is -2.17. The lowest BCUT2D eigenvalue weighted by atomic mass is 9.91. The second-order valence-corrected chi connectivity index (χ2v) is 6.19. The molecule has 1 N–H and O–H groups in total. The van der Waals surface area contributed by atoms with Crippen LogP contribution in [0.5, 0.6) is 0 Å². The minimum atomic E-state index is -0.280. The Morgan fingerprint density at radius 3 is 2.46 bits per heavy atom. The molecule has 1 unspecified atom stereocenters. The lowest BCUT2D eigenvalue weighted by molar-refractivity contribution is -0.117. The zero-order valence-corrected chi connectivity index (χ0v) is 14.5. The van der Waals surface area contributed by atoms with Crippen molar-refractivity contribution >= 4 is 27.5 Å². The van der Waals surface area contributed by atoms with E-state index in [9.17, 15) is 4.79 Å². The van der Waals surface area contributed by atoms with Crippen LogP contribution in [0.3, 0.4) is 0 Å². The summed E-state index contributed by atoms with van der Waals surface area (Å²) in [6.07, 6.45) is 5.74. The zero-order valence-electron chi connectivity index (χ0n) is 12.9. The van der Waals surface area contributed by atoms with Crippen LogP contribution in [0.15, 0.2) is 77.8 Å². The monoisotopic (exact) mass is 381 g/mol. The summed E-state index contributed by atoms with van der Waals surface area (Å²) >= 11 is 3.29. The number of carbonyl (C=O) groups is 1. The maximum atomic E-state index is 12.8. The Balaban J connectivity index is 1.83. The molecule has 0 aliphatic carbocycles. The minimum Gasteiger partial charge on any atom is -0.324 e. The molecule has 0 fully saturated rings. The van der Waals surface area contributed by atoms with Gasteiger partial charge in [0, 0.05) is 12.4 Å². The van der Waals surface area contributed by atoms with E-state index in [1.165, 1.54) is 0 Å². The Kier molecular flexibility index (Phi) is 5.33. The van der Waals surface area contributed by atoms with E-state index in [1.54, 1.807) is 24.7 Å². The van der Waals surface area contributed by atoms with Gasteiger partial charge in [-0.15, -0.1) is 0 Å². The Bertz CT molecular complexity index is 792. The number of nitrogens with zero attached hydrogens (tertiary/aromatic N) is 2. The van der Waals surface area contributed by atoms with Crippen molar-refractivity contribution in [2.24, 2.45) is 0 Å². The molecule has 2 aromatic heterocycles. The fourth-order valence-electron chi connectivity index (χ4n) is 2.48. The molecule has 0 saturated carbocycles. The molecule has 0 aliphatic rings.